The van der Waals surface area contributed by atoms with Crippen LogP contribution in [-0.2, 0) is 0 Å². The Morgan fingerprint density at radius 3 is 2.47 bits per heavy atom. The summed E-state index contributed by atoms with van der Waals surface area (Å²) < 4.78 is 5.02. The predicted molar refractivity (Wildman–Crippen MR) is 61.4 cm³/mol. The molecule has 0 atom stereocenters. The van der Waals surface area contributed by atoms with Gasteiger partial charge in [0.2, 0.25) is 0 Å². The molecule has 0 fully saturated rings. The summed E-state index contributed by atoms with van der Waals surface area (Å²) in [4.78, 5) is 24.0. The van der Waals surface area contributed by atoms with Crippen LogP contribution in [0.2, 0.25) is 0 Å². The highest BCUT2D eigenvalue weighted by atomic mass is 16.5. The van der Waals surface area contributed by atoms with E-state index in [9.17, 15) is 9.59 Å². The van der Waals surface area contributed by atoms with Crippen LogP contribution in [0.3, 0.4) is 0 Å². The zero-order valence-corrected chi connectivity index (χ0v) is 9.61. The Bertz CT molecular complexity index is 540. The van der Waals surface area contributed by atoms with Crippen LogP contribution in [0.25, 0.3) is 0 Å². The van der Waals surface area contributed by atoms with Crippen LogP contribution in [0.5, 0.6) is 5.75 Å². The van der Waals surface area contributed by atoms with Crippen LogP contribution < -0.4 is 4.74 Å². The van der Waals surface area contributed by atoms with Gasteiger partial charge in [0.1, 0.15) is 5.75 Å². The van der Waals surface area contributed by atoms with Crippen molar-refractivity contribution >= 4 is 11.6 Å². The van der Waals surface area contributed by atoms with Crippen molar-refractivity contribution in [1.29, 1.82) is 0 Å². The average molecular weight is 232 g/mol. The van der Waals surface area contributed by atoms with Crippen molar-refractivity contribution in [1.82, 2.24) is 0 Å². The second kappa shape index (κ2) is 4.14. The van der Waals surface area contributed by atoms with Gasteiger partial charge >= 0.3 is 0 Å². The number of aliphatic hydroxyl groups excluding tert-OH is 1. The molecule has 1 aromatic rings. The summed E-state index contributed by atoms with van der Waals surface area (Å²) in [5.74, 6) is 0.00921. The van der Waals surface area contributed by atoms with E-state index in [2.05, 4.69) is 0 Å². The first-order valence-electron chi connectivity index (χ1n) is 5.18. The number of aliphatic hydroxyl groups is 1. The van der Waals surface area contributed by atoms with Gasteiger partial charge in [0.15, 0.2) is 11.6 Å². The van der Waals surface area contributed by atoms with Crippen LogP contribution in [0.1, 0.15) is 27.6 Å². The maximum Gasteiger partial charge on any atom is 0.192 e. The molecule has 1 N–H and O–H groups in total. The molecule has 0 saturated carbocycles. The fourth-order valence-corrected chi connectivity index (χ4v) is 1.90. The van der Waals surface area contributed by atoms with Crippen LogP contribution in [0, 0.1) is 0 Å². The zero-order valence-electron chi connectivity index (χ0n) is 9.61. The second-order valence-corrected chi connectivity index (χ2v) is 3.83. The Kier molecular flexibility index (Phi) is 2.81. The lowest BCUT2D eigenvalue weighted by molar-refractivity contribution is 0.0962. The molecule has 1 aromatic carbocycles. The summed E-state index contributed by atoms with van der Waals surface area (Å²) in [6.07, 6.45) is 0. The van der Waals surface area contributed by atoms with E-state index in [0.717, 1.165) is 0 Å². The number of methoxy groups -OCH3 is 1. The number of ether oxygens (including phenoxy) is 1. The van der Waals surface area contributed by atoms with Crippen molar-refractivity contribution in [3.8, 4) is 5.75 Å². The molecule has 0 aromatic heterocycles. The van der Waals surface area contributed by atoms with Gasteiger partial charge in [-0.05, 0) is 25.1 Å². The van der Waals surface area contributed by atoms with Gasteiger partial charge in [0.05, 0.1) is 13.7 Å². The molecular weight excluding hydrogens is 220 g/mol. The summed E-state index contributed by atoms with van der Waals surface area (Å²) in [5, 5.41) is 9.12. The molecular formula is C13H12O4. The normalized spacial score (nSPS) is 15.0. The third-order valence-electron chi connectivity index (χ3n) is 2.94. The summed E-state index contributed by atoms with van der Waals surface area (Å²) in [5.41, 5.74) is 1.14. The van der Waals surface area contributed by atoms with E-state index in [-0.39, 0.29) is 17.1 Å². The smallest absolute Gasteiger partial charge is 0.192 e. The highest BCUT2D eigenvalue weighted by Crippen LogP contribution is 2.28. The zero-order chi connectivity index (χ0) is 12.6. The minimum atomic E-state index is -0.415. The van der Waals surface area contributed by atoms with E-state index in [1.165, 1.54) is 7.11 Å². The fraction of sp³-hybridized carbons (Fsp3) is 0.231. The van der Waals surface area contributed by atoms with Crippen LogP contribution in [-0.4, -0.2) is 30.4 Å². The lowest BCUT2D eigenvalue weighted by Crippen LogP contribution is -2.22. The highest BCUT2D eigenvalue weighted by molar-refractivity contribution is 6.26. The minimum Gasteiger partial charge on any atom is -0.497 e. The Morgan fingerprint density at radius 2 is 1.88 bits per heavy atom. The SMILES string of the molecule is COc1ccc2c(c1)C(=O)C(C)=C(CO)C2=O. The Labute approximate surface area is 98.5 Å². The van der Waals surface area contributed by atoms with E-state index < -0.39 is 6.61 Å². The molecule has 0 heterocycles. The highest BCUT2D eigenvalue weighted by Gasteiger charge is 2.29. The van der Waals surface area contributed by atoms with Crippen LogP contribution in [0.15, 0.2) is 29.3 Å². The van der Waals surface area contributed by atoms with Crippen molar-refractivity contribution < 1.29 is 19.4 Å². The molecule has 0 amide bonds. The quantitative estimate of drug-likeness (QED) is 0.836. The standard InChI is InChI=1S/C13H12O4/c1-7-11(6-14)13(16)9-4-3-8(17-2)5-10(9)12(7)15/h3-5,14H,6H2,1-2H3. The average Bonchev–Trinajstić information content (AvgIpc) is 2.36. The van der Waals surface area contributed by atoms with Gasteiger partial charge in [0, 0.05) is 22.3 Å². The number of carbonyl (C=O) groups is 2. The van der Waals surface area contributed by atoms with Gasteiger partial charge in [-0.3, -0.25) is 9.59 Å². The van der Waals surface area contributed by atoms with Crippen molar-refractivity contribution in [2.45, 2.75) is 6.92 Å². The van der Waals surface area contributed by atoms with Gasteiger partial charge in [-0.1, -0.05) is 0 Å². The maximum atomic E-state index is 12.0. The van der Waals surface area contributed by atoms with Gasteiger partial charge in [-0.2, -0.15) is 0 Å². The Balaban J connectivity index is 2.64. The molecule has 0 spiro atoms. The molecule has 1 aliphatic carbocycles. The molecule has 2 rings (SSSR count). The lowest BCUT2D eigenvalue weighted by Gasteiger charge is -2.18. The third kappa shape index (κ3) is 1.66. The number of benzene rings is 1. The number of hydrogen-bond acceptors (Lipinski definition) is 4. The fourth-order valence-electron chi connectivity index (χ4n) is 1.90. The van der Waals surface area contributed by atoms with Crippen molar-refractivity contribution in [3.63, 3.8) is 0 Å². The molecule has 0 aliphatic heterocycles. The molecule has 4 heteroatoms. The van der Waals surface area contributed by atoms with E-state index in [0.29, 0.717) is 22.4 Å². The molecule has 4 nitrogen and oxygen atoms in total. The number of rotatable bonds is 2. The molecule has 0 saturated heterocycles. The molecule has 88 valence electrons. The van der Waals surface area contributed by atoms with E-state index in [4.69, 9.17) is 9.84 Å². The van der Waals surface area contributed by atoms with Crippen molar-refractivity contribution in [3.05, 3.63) is 40.5 Å². The molecule has 17 heavy (non-hydrogen) atoms. The third-order valence-corrected chi connectivity index (χ3v) is 2.94. The largest absolute Gasteiger partial charge is 0.497 e. The molecule has 0 unspecified atom stereocenters. The van der Waals surface area contributed by atoms with Crippen LogP contribution >= 0.6 is 0 Å². The number of ketones is 2. The van der Waals surface area contributed by atoms with E-state index in [1.807, 2.05) is 0 Å². The minimum absolute atomic E-state index is 0.174. The first kappa shape index (κ1) is 11.5. The monoisotopic (exact) mass is 232 g/mol. The summed E-state index contributed by atoms with van der Waals surface area (Å²) in [7, 11) is 1.50. The number of Topliss-reactive ketones (excluding diaryl/α,β-unsaturated/α-hetero) is 2. The molecule has 1 aliphatic rings. The first-order valence-corrected chi connectivity index (χ1v) is 5.18. The predicted octanol–water partition coefficient (Wildman–Crippen LogP) is 1.38. The van der Waals surface area contributed by atoms with Gasteiger partial charge in [0.25, 0.3) is 0 Å². The summed E-state index contributed by atoms with van der Waals surface area (Å²) in [6, 6.07) is 4.73. The summed E-state index contributed by atoms with van der Waals surface area (Å²) in [6.45, 7) is 1.13. The van der Waals surface area contributed by atoms with Crippen LogP contribution in [0.4, 0.5) is 0 Å². The summed E-state index contributed by atoms with van der Waals surface area (Å²) >= 11 is 0. The van der Waals surface area contributed by atoms with Gasteiger partial charge in [-0.15, -0.1) is 0 Å². The Hall–Kier alpha value is -1.94. The maximum absolute atomic E-state index is 12.0. The van der Waals surface area contributed by atoms with Gasteiger partial charge < -0.3 is 9.84 Å². The topological polar surface area (TPSA) is 63.6 Å². The number of allylic oxidation sites excluding steroid dienone is 1. The molecule has 0 bridgehead atoms. The van der Waals surface area contributed by atoms with Gasteiger partial charge in [-0.25, -0.2) is 0 Å². The molecule has 0 radical (unpaired) electrons. The number of fused-ring (bicyclic) bond motifs is 1. The van der Waals surface area contributed by atoms with E-state index >= 15 is 0 Å². The van der Waals surface area contributed by atoms with E-state index in [1.54, 1.807) is 25.1 Å². The Morgan fingerprint density at radius 1 is 1.18 bits per heavy atom. The van der Waals surface area contributed by atoms with Crippen molar-refractivity contribution in [2.75, 3.05) is 13.7 Å². The lowest BCUT2D eigenvalue weighted by atomic mass is 9.85. The second-order valence-electron chi connectivity index (χ2n) is 3.83. The number of carbonyl (C=O) groups excluding carboxylic acids is 2. The van der Waals surface area contributed by atoms with Crippen molar-refractivity contribution in [2.24, 2.45) is 0 Å². The number of hydrogen-bond donors (Lipinski definition) is 1. The first-order chi connectivity index (χ1) is 8.10.